The number of hydrogen-bond acceptors (Lipinski definition) is 4. The average molecular weight is 488 g/mol. The molecule has 0 bridgehead atoms. The molecule has 3 aromatic rings. The van der Waals surface area contributed by atoms with E-state index in [0.29, 0.717) is 28.6 Å². The molecule has 0 spiro atoms. The molecule has 2 N–H and O–H groups in total. The van der Waals surface area contributed by atoms with Crippen molar-refractivity contribution in [2.45, 2.75) is 19.4 Å². The highest BCUT2D eigenvalue weighted by Gasteiger charge is 2.23. The summed E-state index contributed by atoms with van der Waals surface area (Å²) in [5.41, 5.74) is 4.54. The number of benzene rings is 3. The first-order valence-corrected chi connectivity index (χ1v) is 12.1. The van der Waals surface area contributed by atoms with E-state index in [1.54, 1.807) is 42.5 Å². The first-order chi connectivity index (χ1) is 17.0. The van der Waals surface area contributed by atoms with E-state index in [2.05, 4.69) is 39.8 Å². The molecule has 3 aromatic carbocycles. The zero-order chi connectivity index (χ0) is 24.2. The van der Waals surface area contributed by atoms with Gasteiger partial charge in [-0.15, -0.1) is 0 Å². The summed E-state index contributed by atoms with van der Waals surface area (Å²) in [4.78, 5) is 27.6. The van der Waals surface area contributed by atoms with Gasteiger partial charge >= 0.3 is 0 Å². The van der Waals surface area contributed by atoms with Crippen LogP contribution in [-0.4, -0.2) is 36.3 Å². The number of fused-ring (bicyclic) bond motifs is 2. The van der Waals surface area contributed by atoms with Gasteiger partial charge in [0, 0.05) is 36.8 Å². The summed E-state index contributed by atoms with van der Waals surface area (Å²) in [6.07, 6.45) is 3.57. The molecule has 0 saturated carbocycles. The van der Waals surface area contributed by atoms with Crippen LogP contribution in [0.2, 0.25) is 5.02 Å². The van der Waals surface area contributed by atoms with Crippen molar-refractivity contribution in [3.05, 3.63) is 99.8 Å². The quantitative estimate of drug-likeness (QED) is 0.383. The Morgan fingerprint density at radius 3 is 2.80 bits per heavy atom. The lowest BCUT2D eigenvalue weighted by molar-refractivity contribution is -0.115. The minimum absolute atomic E-state index is 0.164. The van der Waals surface area contributed by atoms with Gasteiger partial charge < -0.3 is 15.4 Å². The summed E-state index contributed by atoms with van der Waals surface area (Å²) in [6, 6.07) is 20.8. The Labute approximate surface area is 209 Å². The monoisotopic (exact) mass is 487 g/mol. The number of amides is 2. The van der Waals surface area contributed by atoms with Crippen molar-refractivity contribution in [1.82, 2.24) is 10.2 Å². The maximum Gasteiger partial charge on any atom is 0.291 e. The molecule has 2 aliphatic rings. The third-order valence-corrected chi connectivity index (χ3v) is 6.46. The fourth-order valence-electron chi connectivity index (χ4n) is 4.40. The number of nitrogens with zero attached hydrogens (tertiary/aromatic N) is 1. The van der Waals surface area contributed by atoms with E-state index in [0.717, 1.165) is 38.0 Å². The van der Waals surface area contributed by atoms with Gasteiger partial charge in [0.15, 0.2) is 11.5 Å². The second-order valence-corrected chi connectivity index (χ2v) is 9.17. The van der Waals surface area contributed by atoms with Gasteiger partial charge in [-0.25, -0.2) is 0 Å². The van der Waals surface area contributed by atoms with Crippen molar-refractivity contribution in [1.29, 1.82) is 0 Å². The summed E-state index contributed by atoms with van der Waals surface area (Å²) >= 11 is 6.02. The smallest absolute Gasteiger partial charge is 0.291 e. The minimum Gasteiger partial charge on any atom is -0.449 e. The second-order valence-electron chi connectivity index (χ2n) is 8.74. The Kier molecular flexibility index (Phi) is 6.84. The molecule has 0 aliphatic carbocycles. The van der Waals surface area contributed by atoms with Gasteiger partial charge in [0.1, 0.15) is 0 Å². The van der Waals surface area contributed by atoms with E-state index in [1.807, 2.05) is 6.07 Å². The highest BCUT2D eigenvalue weighted by atomic mass is 35.5. The largest absolute Gasteiger partial charge is 0.449 e. The van der Waals surface area contributed by atoms with Crippen molar-refractivity contribution < 1.29 is 14.3 Å². The summed E-state index contributed by atoms with van der Waals surface area (Å²) in [6.45, 7) is 3.53. The molecule has 0 fully saturated rings. The molecular weight excluding hydrogens is 462 g/mol. The maximum absolute atomic E-state index is 12.7. The van der Waals surface area contributed by atoms with Crippen molar-refractivity contribution in [3.63, 3.8) is 0 Å². The standard InChI is InChI=1S/C28H26ClN3O3/c29-23-8-3-5-19(15-23)16-26-28(34)31-24-17-21(9-10-25(24)35-26)27(33)30-12-4-13-32-14-11-20-6-1-2-7-22(20)18-32/h1-3,5-10,15-17H,4,11-14,18H2,(H,30,33)(H,31,34). The number of carbonyl (C=O) groups is 2. The number of nitrogens with one attached hydrogen (secondary N) is 2. The van der Waals surface area contributed by atoms with Crippen LogP contribution in [-0.2, 0) is 17.8 Å². The Morgan fingerprint density at radius 1 is 1.09 bits per heavy atom. The fourth-order valence-corrected chi connectivity index (χ4v) is 4.60. The predicted molar refractivity (Wildman–Crippen MR) is 138 cm³/mol. The summed E-state index contributed by atoms with van der Waals surface area (Å²) in [5.74, 6) is 0.0987. The van der Waals surface area contributed by atoms with Gasteiger partial charge in [-0.1, -0.05) is 48.0 Å². The molecule has 0 radical (unpaired) electrons. The van der Waals surface area contributed by atoms with E-state index in [4.69, 9.17) is 16.3 Å². The van der Waals surface area contributed by atoms with Gasteiger partial charge in [0.05, 0.1) is 5.69 Å². The van der Waals surface area contributed by atoms with Crippen LogP contribution in [0.5, 0.6) is 5.75 Å². The van der Waals surface area contributed by atoms with E-state index < -0.39 is 0 Å². The highest BCUT2D eigenvalue weighted by Crippen LogP contribution is 2.32. The Hall–Kier alpha value is -3.61. The van der Waals surface area contributed by atoms with Crippen molar-refractivity contribution in [2.24, 2.45) is 0 Å². The van der Waals surface area contributed by atoms with Crippen molar-refractivity contribution >= 4 is 35.2 Å². The van der Waals surface area contributed by atoms with Crippen molar-refractivity contribution in [2.75, 3.05) is 25.0 Å². The van der Waals surface area contributed by atoms with Gasteiger partial charge in [-0.2, -0.15) is 0 Å². The van der Waals surface area contributed by atoms with Gasteiger partial charge in [0.2, 0.25) is 0 Å². The molecular formula is C28H26ClN3O3. The average Bonchev–Trinajstić information content (AvgIpc) is 2.86. The van der Waals surface area contributed by atoms with E-state index in [9.17, 15) is 9.59 Å². The molecule has 0 aromatic heterocycles. The predicted octanol–water partition coefficient (Wildman–Crippen LogP) is 4.89. The number of rotatable bonds is 6. The van der Waals surface area contributed by atoms with E-state index in [-0.39, 0.29) is 17.6 Å². The molecule has 7 heteroatoms. The first kappa shape index (κ1) is 23.1. The maximum atomic E-state index is 12.7. The molecule has 6 nitrogen and oxygen atoms in total. The SMILES string of the molecule is O=C1Nc2cc(C(=O)NCCCN3CCc4ccccc4C3)ccc2OC1=Cc1cccc(Cl)c1. The minimum atomic E-state index is -0.377. The third kappa shape index (κ3) is 5.56. The van der Waals surface area contributed by atoms with E-state index in [1.165, 1.54) is 11.1 Å². The molecule has 5 rings (SSSR count). The number of anilines is 1. The normalized spacial score (nSPS) is 16.1. The van der Waals surface area contributed by atoms with Crippen LogP contribution >= 0.6 is 11.6 Å². The number of halogens is 1. The van der Waals surface area contributed by atoms with Crippen LogP contribution in [0.15, 0.2) is 72.5 Å². The van der Waals surface area contributed by atoms with Gasteiger partial charge in [0.25, 0.3) is 11.8 Å². The molecule has 178 valence electrons. The van der Waals surface area contributed by atoms with Crippen LogP contribution in [0.3, 0.4) is 0 Å². The Bertz CT molecular complexity index is 1300. The highest BCUT2D eigenvalue weighted by molar-refractivity contribution is 6.30. The van der Waals surface area contributed by atoms with Crippen LogP contribution in [0.4, 0.5) is 5.69 Å². The lowest BCUT2D eigenvalue weighted by Gasteiger charge is -2.28. The fraction of sp³-hybridized carbons (Fsp3) is 0.214. The lowest BCUT2D eigenvalue weighted by atomic mass is 10.00. The third-order valence-electron chi connectivity index (χ3n) is 6.23. The van der Waals surface area contributed by atoms with Crippen LogP contribution < -0.4 is 15.4 Å². The topological polar surface area (TPSA) is 70.7 Å². The molecule has 0 saturated heterocycles. The number of carbonyl (C=O) groups excluding carboxylic acids is 2. The van der Waals surface area contributed by atoms with Gasteiger partial charge in [-0.3, -0.25) is 14.5 Å². The summed E-state index contributed by atoms with van der Waals surface area (Å²) in [7, 11) is 0. The molecule has 0 atom stereocenters. The molecule has 2 amide bonds. The molecule has 35 heavy (non-hydrogen) atoms. The Balaban J connectivity index is 1.14. The number of ether oxygens (including phenoxy) is 1. The first-order valence-electron chi connectivity index (χ1n) is 11.7. The summed E-state index contributed by atoms with van der Waals surface area (Å²) in [5, 5.41) is 6.36. The van der Waals surface area contributed by atoms with Crippen LogP contribution in [0.1, 0.15) is 33.5 Å². The zero-order valence-electron chi connectivity index (χ0n) is 19.2. The zero-order valence-corrected chi connectivity index (χ0v) is 20.0. The van der Waals surface area contributed by atoms with Crippen LogP contribution in [0.25, 0.3) is 6.08 Å². The Morgan fingerprint density at radius 2 is 1.94 bits per heavy atom. The number of hydrogen-bond donors (Lipinski definition) is 2. The summed E-state index contributed by atoms with van der Waals surface area (Å²) < 4.78 is 5.78. The molecule has 0 unspecified atom stereocenters. The van der Waals surface area contributed by atoms with E-state index >= 15 is 0 Å². The van der Waals surface area contributed by atoms with Crippen molar-refractivity contribution in [3.8, 4) is 5.75 Å². The second kappa shape index (κ2) is 10.3. The molecule has 2 heterocycles. The lowest BCUT2D eigenvalue weighted by Crippen LogP contribution is -2.33. The van der Waals surface area contributed by atoms with Crippen LogP contribution in [0, 0.1) is 0 Å². The van der Waals surface area contributed by atoms with Gasteiger partial charge in [-0.05, 0) is 65.9 Å². The molecule has 2 aliphatic heterocycles.